The minimum Gasteiger partial charge on any atom is -0.375 e. The summed E-state index contributed by atoms with van der Waals surface area (Å²) in [5.74, 6) is 3.92. The van der Waals surface area contributed by atoms with Gasteiger partial charge in [-0.05, 0) is 32.6 Å². The lowest BCUT2D eigenvalue weighted by Gasteiger charge is -2.36. The summed E-state index contributed by atoms with van der Waals surface area (Å²) >= 11 is 0. The van der Waals surface area contributed by atoms with Crippen LogP contribution in [0.5, 0.6) is 0 Å². The maximum atomic E-state index is 5.82. The van der Waals surface area contributed by atoms with Crippen LogP contribution in [0.3, 0.4) is 0 Å². The molecule has 3 aliphatic rings. The summed E-state index contributed by atoms with van der Waals surface area (Å²) in [4.78, 5) is 11.4. The molecule has 2 atom stereocenters. The molecule has 0 amide bonds. The Hall–Kier alpha value is -1.80. The van der Waals surface area contributed by atoms with E-state index in [1.54, 1.807) is 0 Å². The zero-order chi connectivity index (χ0) is 16.1. The van der Waals surface area contributed by atoms with Gasteiger partial charge in [0.25, 0.3) is 0 Å². The number of rotatable bonds is 5. The normalized spacial score (nSPS) is 28.4. The van der Waals surface area contributed by atoms with E-state index in [1.165, 1.54) is 0 Å². The Morgan fingerprint density at radius 2 is 1.79 bits per heavy atom. The molecule has 1 saturated heterocycles. The van der Waals surface area contributed by atoms with Crippen molar-refractivity contribution in [3.8, 4) is 0 Å². The molecule has 2 aliphatic carbocycles. The number of aromatic nitrogens is 4. The third kappa shape index (κ3) is 2.73. The van der Waals surface area contributed by atoms with Crippen molar-refractivity contribution in [2.75, 3.05) is 13.2 Å². The van der Waals surface area contributed by atoms with E-state index in [2.05, 4.69) is 25.2 Å². The highest BCUT2D eigenvalue weighted by Crippen LogP contribution is 2.40. The van der Waals surface area contributed by atoms with Gasteiger partial charge in [-0.1, -0.05) is 10.3 Å². The lowest BCUT2D eigenvalue weighted by atomic mass is 10.1. The van der Waals surface area contributed by atoms with Gasteiger partial charge in [0.15, 0.2) is 11.6 Å². The number of hydrogen-bond acceptors (Lipinski definition) is 8. The molecule has 128 valence electrons. The average molecular weight is 331 g/mol. The molecule has 0 unspecified atom stereocenters. The quantitative estimate of drug-likeness (QED) is 0.823. The monoisotopic (exact) mass is 331 g/mol. The predicted molar refractivity (Wildman–Crippen MR) is 81.1 cm³/mol. The zero-order valence-electron chi connectivity index (χ0n) is 13.7. The van der Waals surface area contributed by atoms with E-state index >= 15 is 0 Å². The van der Waals surface area contributed by atoms with Crippen molar-refractivity contribution in [2.24, 2.45) is 0 Å². The standard InChI is InChI=1S/C16H21N5O3/c1-9-13(16-18-14(20-24-16)10-2-3-10)21(6-7-22-9)8-12-17-15(23-19-12)11-4-5-11/h9-11,13H,2-8H2,1H3/t9-,13+/m1/s1. The number of morpholine rings is 1. The Kier molecular flexibility index (Phi) is 3.41. The van der Waals surface area contributed by atoms with Gasteiger partial charge in [0.1, 0.15) is 6.04 Å². The van der Waals surface area contributed by atoms with Crippen LogP contribution in [0.2, 0.25) is 0 Å². The van der Waals surface area contributed by atoms with Crippen LogP contribution in [0.25, 0.3) is 0 Å². The first-order valence-corrected chi connectivity index (χ1v) is 8.79. The molecule has 24 heavy (non-hydrogen) atoms. The van der Waals surface area contributed by atoms with Crippen molar-refractivity contribution in [1.29, 1.82) is 0 Å². The lowest BCUT2D eigenvalue weighted by molar-refractivity contribution is -0.0772. The largest absolute Gasteiger partial charge is 0.375 e. The van der Waals surface area contributed by atoms with Crippen LogP contribution < -0.4 is 0 Å². The summed E-state index contributed by atoms with van der Waals surface area (Å²) in [6, 6.07) is -0.0679. The maximum absolute atomic E-state index is 5.82. The van der Waals surface area contributed by atoms with Crippen LogP contribution in [0.4, 0.5) is 0 Å². The van der Waals surface area contributed by atoms with Crippen molar-refractivity contribution < 1.29 is 13.8 Å². The predicted octanol–water partition coefficient (Wildman–Crippen LogP) is 2.17. The molecule has 0 N–H and O–H groups in total. The molecule has 0 radical (unpaired) electrons. The SMILES string of the molecule is C[C@H]1OCCN(Cc2noc(C3CC3)n2)[C@@H]1c1nc(C2CC2)no1. The molecule has 3 fully saturated rings. The molecule has 8 nitrogen and oxygen atoms in total. The van der Waals surface area contributed by atoms with Gasteiger partial charge in [-0.15, -0.1) is 0 Å². The summed E-state index contributed by atoms with van der Waals surface area (Å²) < 4.78 is 16.7. The van der Waals surface area contributed by atoms with Gasteiger partial charge < -0.3 is 13.8 Å². The molecule has 0 bridgehead atoms. The number of nitrogens with zero attached hydrogens (tertiary/aromatic N) is 5. The summed E-state index contributed by atoms with van der Waals surface area (Å²) in [6.07, 6.45) is 4.62. The molecule has 0 spiro atoms. The van der Waals surface area contributed by atoms with E-state index in [0.29, 0.717) is 30.9 Å². The summed E-state index contributed by atoms with van der Waals surface area (Å²) in [5, 5.41) is 8.28. The Morgan fingerprint density at radius 3 is 2.58 bits per heavy atom. The van der Waals surface area contributed by atoms with Crippen LogP contribution in [0.15, 0.2) is 9.05 Å². The van der Waals surface area contributed by atoms with Crippen molar-refractivity contribution >= 4 is 0 Å². The van der Waals surface area contributed by atoms with Crippen molar-refractivity contribution in [3.05, 3.63) is 23.4 Å². The third-order valence-corrected chi connectivity index (χ3v) is 5.01. The van der Waals surface area contributed by atoms with Crippen molar-refractivity contribution in [1.82, 2.24) is 25.2 Å². The fraction of sp³-hybridized carbons (Fsp3) is 0.750. The fourth-order valence-corrected chi connectivity index (χ4v) is 3.30. The van der Waals surface area contributed by atoms with E-state index in [1.807, 2.05) is 6.92 Å². The fourth-order valence-electron chi connectivity index (χ4n) is 3.30. The van der Waals surface area contributed by atoms with Crippen LogP contribution >= 0.6 is 0 Å². The van der Waals surface area contributed by atoms with Gasteiger partial charge in [0.2, 0.25) is 11.8 Å². The van der Waals surface area contributed by atoms with Crippen LogP contribution in [0.1, 0.15) is 73.9 Å². The van der Waals surface area contributed by atoms with E-state index in [4.69, 9.17) is 13.8 Å². The Bertz CT molecular complexity index is 721. The average Bonchev–Trinajstić information content (AvgIpc) is 3.51. The molecule has 0 aromatic carbocycles. The molecular formula is C16H21N5O3. The molecular weight excluding hydrogens is 310 g/mol. The van der Waals surface area contributed by atoms with E-state index in [9.17, 15) is 0 Å². The first-order chi connectivity index (χ1) is 11.8. The van der Waals surface area contributed by atoms with Crippen molar-refractivity contribution in [3.63, 3.8) is 0 Å². The summed E-state index contributed by atoms with van der Waals surface area (Å²) in [5.41, 5.74) is 0. The topological polar surface area (TPSA) is 90.3 Å². The second kappa shape index (κ2) is 5.63. The molecule has 3 heterocycles. The molecule has 2 aromatic rings. The van der Waals surface area contributed by atoms with Crippen LogP contribution in [-0.2, 0) is 11.3 Å². The van der Waals surface area contributed by atoms with E-state index in [-0.39, 0.29) is 12.1 Å². The van der Waals surface area contributed by atoms with Gasteiger partial charge >= 0.3 is 0 Å². The Morgan fingerprint density at radius 1 is 1.00 bits per heavy atom. The maximum Gasteiger partial charge on any atom is 0.246 e. The molecule has 1 aliphatic heterocycles. The molecule has 2 aromatic heterocycles. The van der Waals surface area contributed by atoms with Gasteiger partial charge in [-0.3, -0.25) is 4.90 Å². The second-order valence-corrected chi connectivity index (χ2v) is 7.08. The molecule has 2 saturated carbocycles. The summed E-state index contributed by atoms with van der Waals surface area (Å²) in [7, 11) is 0. The Balaban J connectivity index is 1.36. The lowest BCUT2D eigenvalue weighted by Crippen LogP contribution is -2.44. The van der Waals surface area contributed by atoms with Crippen molar-refractivity contribution in [2.45, 2.75) is 63.1 Å². The zero-order valence-corrected chi connectivity index (χ0v) is 13.7. The second-order valence-electron chi connectivity index (χ2n) is 7.08. The Labute approximate surface area is 139 Å². The van der Waals surface area contributed by atoms with E-state index in [0.717, 1.165) is 49.8 Å². The van der Waals surface area contributed by atoms with E-state index < -0.39 is 0 Å². The smallest absolute Gasteiger partial charge is 0.246 e. The first kappa shape index (κ1) is 14.5. The minimum atomic E-state index is -0.0679. The minimum absolute atomic E-state index is 0.0129. The first-order valence-electron chi connectivity index (χ1n) is 8.79. The third-order valence-electron chi connectivity index (χ3n) is 5.01. The molecule has 5 rings (SSSR count). The molecule has 8 heteroatoms. The van der Waals surface area contributed by atoms with Gasteiger partial charge in [0, 0.05) is 18.4 Å². The van der Waals surface area contributed by atoms with Crippen LogP contribution in [-0.4, -0.2) is 44.4 Å². The highest BCUT2D eigenvalue weighted by atomic mass is 16.5. The van der Waals surface area contributed by atoms with Gasteiger partial charge in [-0.2, -0.15) is 9.97 Å². The summed E-state index contributed by atoms with van der Waals surface area (Å²) in [6.45, 7) is 4.11. The van der Waals surface area contributed by atoms with Crippen LogP contribution in [0, 0.1) is 0 Å². The number of hydrogen-bond donors (Lipinski definition) is 0. The number of ether oxygens (including phenoxy) is 1. The highest BCUT2D eigenvalue weighted by Gasteiger charge is 2.38. The van der Waals surface area contributed by atoms with Gasteiger partial charge in [0.05, 0.1) is 19.3 Å². The van der Waals surface area contributed by atoms with Gasteiger partial charge in [-0.25, -0.2) is 0 Å². The highest BCUT2D eigenvalue weighted by molar-refractivity contribution is 5.07.